The first kappa shape index (κ1) is 14.0. The highest BCUT2D eigenvalue weighted by molar-refractivity contribution is 5.15. The minimum Gasteiger partial charge on any atom is -0.502 e. The van der Waals surface area contributed by atoms with Gasteiger partial charge in [0.25, 0.3) is 0 Å². The average molecular weight is 269 g/mol. The molecule has 1 aliphatic rings. The van der Waals surface area contributed by atoms with Gasteiger partial charge in [-0.2, -0.15) is 0 Å². The number of nitrogens with zero attached hydrogens (tertiary/aromatic N) is 1. The Morgan fingerprint density at radius 1 is 1.42 bits per heavy atom. The van der Waals surface area contributed by atoms with Gasteiger partial charge in [0.1, 0.15) is 12.0 Å². The van der Waals surface area contributed by atoms with Crippen molar-refractivity contribution in [1.29, 1.82) is 0 Å². The SMILES string of the molecule is CN(Cc1cc(=O)c(O)co1)CC1(O)CCOCC1. The van der Waals surface area contributed by atoms with Crippen LogP contribution in [0.25, 0.3) is 0 Å². The van der Waals surface area contributed by atoms with Gasteiger partial charge in [0.15, 0.2) is 5.75 Å². The summed E-state index contributed by atoms with van der Waals surface area (Å²) in [5.74, 6) is 0.0652. The Morgan fingerprint density at radius 2 is 2.11 bits per heavy atom. The smallest absolute Gasteiger partial charge is 0.226 e. The van der Waals surface area contributed by atoms with Gasteiger partial charge in [0.05, 0.1) is 12.1 Å². The summed E-state index contributed by atoms with van der Waals surface area (Å²) in [7, 11) is 1.85. The fourth-order valence-electron chi connectivity index (χ4n) is 2.26. The summed E-state index contributed by atoms with van der Waals surface area (Å²) in [5, 5.41) is 19.5. The predicted octanol–water partition coefficient (Wildman–Crippen LogP) is 0.319. The quantitative estimate of drug-likeness (QED) is 0.819. The zero-order valence-corrected chi connectivity index (χ0v) is 11.0. The Morgan fingerprint density at radius 3 is 2.74 bits per heavy atom. The van der Waals surface area contributed by atoms with Crippen molar-refractivity contribution in [2.75, 3.05) is 26.8 Å². The van der Waals surface area contributed by atoms with Crippen molar-refractivity contribution < 1.29 is 19.4 Å². The number of hydrogen-bond acceptors (Lipinski definition) is 6. The van der Waals surface area contributed by atoms with E-state index in [9.17, 15) is 9.90 Å². The number of ether oxygens (including phenoxy) is 1. The van der Waals surface area contributed by atoms with Gasteiger partial charge in [0, 0.05) is 38.7 Å². The molecule has 106 valence electrons. The van der Waals surface area contributed by atoms with Gasteiger partial charge >= 0.3 is 0 Å². The molecule has 1 fully saturated rings. The van der Waals surface area contributed by atoms with Crippen LogP contribution in [0.1, 0.15) is 18.6 Å². The lowest BCUT2D eigenvalue weighted by molar-refractivity contribution is -0.0782. The van der Waals surface area contributed by atoms with E-state index in [0.29, 0.717) is 44.9 Å². The Balaban J connectivity index is 1.94. The summed E-state index contributed by atoms with van der Waals surface area (Å²) in [4.78, 5) is 13.2. The molecule has 0 saturated carbocycles. The van der Waals surface area contributed by atoms with Crippen molar-refractivity contribution in [1.82, 2.24) is 4.90 Å². The lowest BCUT2D eigenvalue weighted by atomic mass is 9.94. The van der Waals surface area contributed by atoms with Crippen molar-refractivity contribution >= 4 is 0 Å². The summed E-state index contributed by atoms with van der Waals surface area (Å²) in [6.45, 7) is 2.02. The minimum atomic E-state index is -0.746. The lowest BCUT2D eigenvalue weighted by Crippen LogP contribution is -2.45. The summed E-state index contributed by atoms with van der Waals surface area (Å²) in [5.41, 5.74) is -1.20. The summed E-state index contributed by atoms with van der Waals surface area (Å²) in [6, 6.07) is 1.26. The van der Waals surface area contributed by atoms with E-state index in [4.69, 9.17) is 14.3 Å². The van der Waals surface area contributed by atoms with Crippen LogP contribution in [0.5, 0.6) is 5.75 Å². The second kappa shape index (κ2) is 5.73. The van der Waals surface area contributed by atoms with E-state index in [0.717, 1.165) is 6.26 Å². The summed E-state index contributed by atoms with van der Waals surface area (Å²) < 4.78 is 10.4. The van der Waals surface area contributed by atoms with E-state index in [2.05, 4.69) is 0 Å². The van der Waals surface area contributed by atoms with Crippen molar-refractivity contribution in [3.63, 3.8) is 0 Å². The van der Waals surface area contributed by atoms with Crippen molar-refractivity contribution in [2.24, 2.45) is 0 Å². The monoisotopic (exact) mass is 269 g/mol. The third kappa shape index (κ3) is 3.79. The number of hydrogen-bond donors (Lipinski definition) is 2. The van der Waals surface area contributed by atoms with Crippen LogP contribution in [0.2, 0.25) is 0 Å². The lowest BCUT2D eigenvalue weighted by Gasteiger charge is -2.35. The van der Waals surface area contributed by atoms with Gasteiger partial charge in [-0.15, -0.1) is 0 Å². The van der Waals surface area contributed by atoms with E-state index in [1.807, 2.05) is 11.9 Å². The Bertz CT molecular complexity index is 478. The largest absolute Gasteiger partial charge is 0.502 e. The molecule has 0 spiro atoms. The second-order valence-electron chi connectivity index (χ2n) is 5.10. The van der Waals surface area contributed by atoms with Crippen molar-refractivity contribution in [2.45, 2.75) is 25.0 Å². The molecule has 1 aromatic rings. The maximum atomic E-state index is 11.3. The van der Waals surface area contributed by atoms with Gasteiger partial charge in [-0.05, 0) is 7.05 Å². The minimum absolute atomic E-state index is 0.394. The molecular formula is C13H19NO5. The van der Waals surface area contributed by atoms with Crippen LogP contribution >= 0.6 is 0 Å². The van der Waals surface area contributed by atoms with Crippen LogP contribution < -0.4 is 5.43 Å². The normalized spacial score (nSPS) is 18.7. The molecule has 0 bridgehead atoms. The maximum absolute atomic E-state index is 11.3. The fourth-order valence-corrected chi connectivity index (χ4v) is 2.26. The molecule has 2 N–H and O–H groups in total. The highest BCUT2D eigenvalue weighted by Crippen LogP contribution is 2.21. The van der Waals surface area contributed by atoms with E-state index in [1.165, 1.54) is 6.07 Å². The summed E-state index contributed by atoms with van der Waals surface area (Å²) in [6.07, 6.45) is 2.25. The Hall–Kier alpha value is -1.37. The molecule has 0 unspecified atom stereocenters. The average Bonchev–Trinajstić information content (AvgIpc) is 2.34. The molecule has 0 amide bonds. The Kier molecular flexibility index (Phi) is 4.24. The maximum Gasteiger partial charge on any atom is 0.226 e. The van der Waals surface area contributed by atoms with Gasteiger partial charge in [-0.25, -0.2) is 0 Å². The topological polar surface area (TPSA) is 83.1 Å². The van der Waals surface area contributed by atoms with E-state index < -0.39 is 16.8 Å². The van der Waals surface area contributed by atoms with Crippen molar-refractivity contribution in [3.05, 3.63) is 28.3 Å². The molecular weight excluding hydrogens is 250 g/mol. The van der Waals surface area contributed by atoms with Crippen LogP contribution in [0.15, 0.2) is 21.5 Å². The van der Waals surface area contributed by atoms with Gasteiger partial charge in [-0.1, -0.05) is 0 Å². The standard InChI is InChI=1S/C13H19NO5/c1-14(9-13(17)2-4-18-5-3-13)7-10-6-11(15)12(16)8-19-10/h6,8,16-17H,2-5,7,9H2,1H3. The molecule has 19 heavy (non-hydrogen) atoms. The van der Waals surface area contributed by atoms with Gasteiger partial charge < -0.3 is 19.4 Å². The molecule has 6 nitrogen and oxygen atoms in total. The Labute approximate surface area is 111 Å². The third-order valence-corrected chi connectivity index (χ3v) is 3.28. The van der Waals surface area contributed by atoms with Crippen LogP contribution in [0, 0.1) is 0 Å². The molecule has 6 heteroatoms. The zero-order valence-electron chi connectivity index (χ0n) is 11.0. The van der Waals surface area contributed by atoms with Crippen LogP contribution in [-0.4, -0.2) is 47.5 Å². The van der Waals surface area contributed by atoms with E-state index >= 15 is 0 Å². The fraction of sp³-hybridized carbons (Fsp3) is 0.615. The van der Waals surface area contributed by atoms with E-state index in [-0.39, 0.29) is 0 Å². The van der Waals surface area contributed by atoms with Crippen LogP contribution in [0.4, 0.5) is 0 Å². The van der Waals surface area contributed by atoms with Crippen LogP contribution in [-0.2, 0) is 11.3 Å². The number of aliphatic hydroxyl groups is 1. The first-order chi connectivity index (χ1) is 8.98. The van der Waals surface area contributed by atoms with E-state index in [1.54, 1.807) is 0 Å². The molecule has 0 atom stereocenters. The van der Waals surface area contributed by atoms with Crippen LogP contribution in [0.3, 0.4) is 0 Å². The molecule has 2 rings (SSSR count). The summed E-state index contributed by atoms with van der Waals surface area (Å²) >= 11 is 0. The molecule has 1 aliphatic heterocycles. The third-order valence-electron chi connectivity index (χ3n) is 3.28. The molecule has 1 saturated heterocycles. The highest BCUT2D eigenvalue weighted by Gasteiger charge is 2.31. The van der Waals surface area contributed by atoms with Crippen molar-refractivity contribution in [3.8, 4) is 5.75 Å². The zero-order chi connectivity index (χ0) is 13.9. The molecule has 0 radical (unpaired) electrons. The first-order valence-electron chi connectivity index (χ1n) is 6.28. The second-order valence-corrected chi connectivity index (χ2v) is 5.10. The number of likely N-dealkylation sites (N-methyl/N-ethyl adjacent to an activating group) is 1. The number of rotatable bonds is 4. The molecule has 1 aromatic heterocycles. The van der Waals surface area contributed by atoms with Gasteiger partial charge in [-0.3, -0.25) is 9.69 Å². The predicted molar refractivity (Wildman–Crippen MR) is 68.0 cm³/mol. The highest BCUT2D eigenvalue weighted by atomic mass is 16.5. The molecule has 2 heterocycles. The van der Waals surface area contributed by atoms with Gasteiger partial charge in [0.2, 0.25) is 5.43 Å². The molecule has 0 aromatic carbocycles. The molecule has 0 aliphatic carbocycles. The first-order valence-corrected chi connectivity index (χ1v) is 6.28. The number of aromatic hydroxyl groups is 1.